The molecule has 2 rings (SSSR count). The van der Waals surface area contributed by atoms with E-state index < -0.39 is 0 Å². The third-order valence-corrected chi connectivity index (χ3v) is 4.38. The number of benzene rings is 1. The molecule has 0 amide bonds. The van der Waals surface area contributed by atoms with Crippen LogP contribution >= 0.6 is 11.8 Å². The van der Waals surface area contributed by atoms with Gasteiger partial charge >= 0.3 is 0 Å². The van der Waals surface area contributed by atoms with Gasteiger partial charge in [0.15, 0.2) is 0 Å². The second kappa shape index (κ2) is 4.49. The monoisotopic (exact) mass is 262 g/mol. The molecule has 0 radical (unpaired) electrons. The lowest BCUT2D eigenvalue weighted by atomic mass is 9.86. The van der Waals surface area contributed by atoms with E-state index >= 15 is 0 Å². The second-order valence-corrected chi connectivity index (χ2v) is 6.06. The van der Waals surface area contributed by atoms with Crippen LogP contribution in [-0.4, -0.2) is 11.9 Å². The van der Waals surface area contributed by atoms with E-state index in [1.807, 2.05) is 13.2 Å². The molecule has 0 unspecified atom stereocenters. The SMILES string of the molecule is CSc1c(C#N)c(N)c(C)c2c1COC(C)(C)C2. The Bertz CT molecular complexity index is 544. The summed E-state index contributed by atoms with van der Waals surface area (Å²) in [6.07, 6.45) is 2.82. The zero-order valence-corrected chi connectivity index (χ0v) is 12.1. The average molecular weight is 262 g/mol. The molecule has 18 heavy (non-hydrogen) atoms. The fourth-order valence-corrected chi connectivity index (χ4v) is 3.25. The molecular formula is C14H18N2OS. The molecule has 0 saturated carbocycles. The van der Waals surface area contributed by atoms with Gasteiger partial charge in [0.2, 0.25) is 0 Å². The summed E-state index contributed by atoms with van der Waals surface area (Å²) in [5.41, 5.74) is 10.6. The van der Waals surface area contributed by atoms with Gasteiger partial charge in [-0.1, -0.05) is 0 Å². The summed E-state index contributed by atoms with van der Waals surface area (Å²) in [6.45, 7) is 6.74. The number of nitrogens with two attached hydrogens (primary N) is 1. The molecule has 0 aliphatic carbocycles. The van der Waals surface area contributed by atoms with Crippen molar-refractivity contribution < 1.29 is 4.74 Å². The summed E-state index contributed by atoms with van der Waals surface area (Å²) in [4.78, 5) is 0.978. The Morgan fingerprint density at radius 2 is 2.06 bits per heavy atom. The normalized spacial score (nSPS) is 17.1. The highest BCUT2D eigenvalue weighted by molar-refractivity contribution is 7.98. The maximum Gasteiger partial charge on any atom is 0.103 e. The Labute approximate surface area is 112 Å². The minimum Gasteiger partial charge on any atom is -0.397 e. The Morgan fingerprint density at radius 3 is 2.61 bits per heavy atom. The van der Waals surface area contributed by atoms with Crippen molar-refractivity contribution in [3.63, 3.8) is 0 Å². The smallest absolute Gasteiger partial charge is 0.103 e. The van der Waals surface area contributed by atoms with Crippen molar-refractivity contribution in [3.8, 4) is 6.07 Å². The van der Waals surface area contributed by atoms with Crippen LogP contribution in [-0.2, 0) is 17.8 Å². The number of nitrogens with zero attached hydrogens (tertiary/aromatic N) is 1. The van der Waals surface area contributed by atoms with E-state index in [-0.39, 0.29) is 5.60 Å². The number of rotatable bonds is 1. The summed E-state index contributed by atoms with van der Waals surface area (Å²) >= 11 is 1.58. The van der Waals surface area contributed by atoms with Crippen LogP contribution in [0, 0.1) is 18.3 Å². The fourth-order valence-electron chi connectivity index (χ4n) is 2.46. The van der Waals surface area contributed by atoms with Crippen LogP contribution in [0.25, 0.3) is 0 Å². The average Bonchev–Trinajstić information content (AvgIpc) is 2.33. The fraction of sp³-hybridized carbons (Fsp3) is 0.500. The van der Waals surface area contributed by atoms with E-state index in [0.29, 0.717) is 17.9 Å². The van der Waals surface area contributed by atoms with Crippen molar-refractivity contribution in [1.82, 2.24) is 0 Å². The molecule has 1 aliphatic heterocycles. The van der Waals surface area contributed by atoms with Crippen molar-refractivity contribution in [2.24, 2.45) is 0 Å². The molecule has 1 aromatic carbocycles. The lowest BCUT2D eigenvalue weighted by molar-refractivity contribution is -0.0414. The first-order valence-corrected chi connectivity index (χ1v) is 7.15. The van der Waals surface area contributed by atoms with Crippen molar-refractivity contribution >= 4 is 17.4 Å². The number of hydrogen-bond donors (Lipinski definition) is 1. The zero-order chi connectivity index (χ0) is 13.5. The van der Waals surface area contributed by atoms with Gasteiger partial charge in [-0.25, -0.2) is 0 Å². The van der Waals surface area contributed by atoms with Gasteiger partial charge in [0.25, 0.3) is 0 Å². The third-order valence-electron chi connectivity index (χ3n) is 3.52. The Balaban J connectivity index is 2.72. The highest BCUT2D eigenvalue weighted by atomic mass is 32.2. The van der Waals surface area contributed by atoms with Gasteiger partial charge in [0, 0.05) is 11.3 Å². The number of thioether (sulfide) groups is 1. The molecule has 1 aliphatic rings. The number of nitrogen functional groups attached to an aromatic ring is 1. The van der Waals surface area contributed by atoms with Crippen LogP contribution in [0.15, 0.2) is 4.90 Å². The van der Waals surface area contributed by atoms with Crippen molar-refractivity contribution in [2.45, 2.75) is 44.3 Å². The number of ether oxygens (including phenoxy) is 1. The Kier molecular flexibility index (Phi) is 3.31. The predicted octanol–water partition coefficient (Wildman–Crippen LogP) is 3.02. The molecule has 0 fully saturated rings. The summed E-state index contributed by atoms with van der Waals surface area (Å²) in [5.74, 6) is 0. The number of hydrogen-bond acceptors (Lipinski definition) is 4. The van der Waals surface area contributed by atoms with Crippen molar-refractivity contribution in [3.05, 3.63) is 22.3 Å². The molecule has 0 saturated heterocycles. The molecule has 96 valence electrons. The quantitative estimate of drug-likeness (QED) is 0.624. The number of fused-ring (bicyclic) bond motifs is 1. The van der Waals surface area contributed by atoms with E-state index in [9.17, 15) is 5.26 Å². The molecule has 1 heterocycles. The minimum atomic E-state index is -0.159. The van der Waals surface area contributed by atoms with Crippen LogP contribution in [0.4, 0.5) is 5.69 Å². The second-order valence-electron chi connectivity index (χ2n) is 5.24. The summed E-state index contributed by atoms with van der Waals surface area (Å²) in [6, 6.07) is 2.23. The van der Waals surface area contributed by atoms with Crippen LogP contribution in [0.3, 0.4) is 0 Å². The Hall–Kier alpha value is -1.18. The number of nitriles is 1. The highest BCUT2D eigenvalue weighted by Crippen LogP contribution is 2.40. The van der Waals surface area contributed by atoms with Crippen molar-refractivity contribution in [1.29, 1.82) is 5.26 Å². The van der Waals surface area contributed by atoms with Gasteiger partial charge < -0.3 is 10.5 Å². The lowest BCUT2D eigenvalue weighted by Crippen LogP contribution is -2.33. The van der Waals surface area contributed by atoms with Crippen LogP contribution in [0.5, 0.6) is 0 Å². The van der Waals surface area contributed by atoms with Gasteiger partial charge in [-0.05, 0) is 43.7 Å². The lowest BCUT2D eigenvalue weighted by Gasteiger charge is -2.34. The van der Waals surface area contributed by atoms with Gasteiger partial charge in [-0.2, -0.15) is 5.26 Å². The standard InChI is InChI=1S/C14H18N2OS/c1-8-9-5-14(2,3)17-7-11(9)13(18-4)10(6-15)12(8)16/h5,7,16H2,1-4H3. The largest absolute Gasteiger partial charge is 0.397 e. The van der Waals surface area contributed by atoms with E-state index in [0.717, 1.165) is 22.4 Å². The van der Waals surface area contributed by atoms with E-state index in [2.05, 4.69) is 19.9 Å². The molecule has 4 heteroatoms. The molecular weight excluding hydrogens is 244 g/mol. The van der Waals surface area contributed by atoms with Gasteiger partial charge in [0.1, 0.15) is 6.07 Å². The summed E-state index contributed by atoms with van der Waals surface area (Å²) < 4.78 is 5.87. The van der Waals surface area contributed by atoms with Crippen LogP contribution < -0.4 is 5.73 Å². The van der Waals surface area contributed by atoms with Gasteiger partial charge in [-0.3, -0.25) is 0 Å². The van der Waals surface area contributed by atoms with Gasteiger partial charge in [-0.15, -0.1) is 11.8 Å². The first-order valence-electron chi connectivity index (χ1n) is 5.93. The molecule has 2 N–H and O–H groups in total. The number of anilines is 1. The minimum absolute atomic E-state index is 0.159. The van der Waals surface area contributed by atoms with Crippen molar-refractivity contribution in [2.75, 3.05) is 12.0 Å². The summed E-state index contributed by atoms with van der Waals surface area (Å²) in [5, 5.41) is 9.27. The molecule has 0 bridgehead atoms. The maximum absolute atomic E-state index is 9.27. The van der Waals surface area contributed by atoms with E-state index in [4.69, 9.17) is 10.5 Å². The first kappa shape index (κ1) is 13.3. The molecule has 1 aromatic rings. The van der Waals surface area contributed by atoms with Gasteiger partial charge in [0.05, 0.1) is 23.5 Å². The Morgan fingerprint density at radius 1 is 1.39 bits per heavy atom. The zero-order valence-electron chi connectivity index (χ0n) is 11.3. The molecule has 3 nitrogen and oxygen atoms in total. The molecule has 0 aromatic heterocycles. The molecule has 0 atom stereocenters. The van der Waals surface area contributed by atoms with Crippen LogP contribution in [0.1, 0.15) is 36.1 Å². The first-order chi connectivity index (χ1) is 8.41. The van der Waals surface area contributed by atoms with E-state index in [1.165, 1.54) is 5.56 Å². The third kappa shape index (κ3) is 1.98. The molecule has 0 spiro atoms. The topological polar surface area (TPSA) is 59.0 Å². The predicted molar refractivity (Wildman–Crippen MR) is 74.7 cm³/mol. The van der Waals surface area contributed by atoms with Crippen LogP contribution in [0.2, 0.25) is 0 Å². The maximum atomic E-state index is 9.27. The van der Waals surface area contributed by atoms with E-state index in [1.54, 1.807) is 11.8 Å². The highest BCUT2D eigenvalue weighted by Gasteiger charge is 2.31. The summed E-state index contributed by atoms with van der Waals surface area (Å²) in [7, 11) is 0.